The van der Waals surface area contributed by atoms with Crippen molar-refractivity contribution in [3.63, 3.8) is 0 Å². The number of amidine groups is 1. The van der Waals surface area contributed by atoms with Crippen LogP contribution in [-0.4, -0.2) is 50.8 Å². The Morgan fingerprint density at radius 3 is 2.57 bits per heavy atom. The second-order valence-corrected chi connectivity index (χ2v) is 9.81. The Labute approximate surface area is 202 Å². The number of ether oxygens (including phenoxy) is 1. The molecule has 12 heteroatoms. The van der Waals surface area contributed by atoms with E-state index in [-0.39, 0.29) is 35.8 Å². The highest BCUT2D eigenvalue weighted by Gasteiger charge is 2.29. The van der Waals surface area contributed by atoms with Gasteiger partial charge in [-0.3, -0.25) is 19.7 Å². The van der Waals surface area contributed by atoms with Crippen LogP contribution in [0.25, 0.3) is 0 Å². The fourth-order valence-corrected chi connectivity index (χ4v) is 5.01. The number of nitrogens with zero attached hydrogens (tertiary/aromatic N) is 3. The number of hydrogen-bond donors (Lipinski definition) is 1. The van der Waals surface area contributed by atoms with E-state index >= 15 is 0 Å². The zero-order valence-corrected chi connectivity index (χ0v) is 20.0. The number of nitro groups is 1. The van der Waals surface area contributed by atoms with Gasteiger partial charge >= 0.3 is 5.97 Å². The number of methoxy groups -OCH3 is 1. The minimum absolute atomic E-state index is 0.0432. The summed E-state index contributed by atoms with van der Waals surface area (Å²) in [5, 5.41) is 14.0. The minimum atomic E-state index is -3.30. The maximum absolute atomic E-state index is 13.4. The van der Waals surface area contributed by atoms with Gasteiger partial charge in [0.1, 0.15) is 11.7 Å². The summed E-state index contributed by atoms with van der Waals surface area (Å²) in [6.45, 7) is 1.92. The number of carbonyl (C=O) groups is 2. The summed E-state index contributed by atoms with van der Waals surface area (Å²) >= 11 is 0. The SMILES string of the molecule is C=S1(=O)N=C(CC(=O)N(Cc2ccc(F)cc2)[C@@H](CC)CC(=O)OC)Nc2ccc([N+](=O)[O-])cc21. The molecule has 1 heterocycles. The number of carbonyl (C=O) groups excluding carboxylic acids is 2. The number of esters is 1. The lowest BCUT2D eigenvalue weighted by molar-refractivity contribution is -0.385. The van der Waals surface area contributed by atoms with Crippen LogP contribution < -0.4 is 5.32 Å². The van der Waals surface area contributed by atoms with Crippen LogP contribution in [0.2, 0.25) is 0 Å². The highest BCUT2D eigenvalue weighted by molar-refractivity contribution is 7.99. The van der Waals surface area contributed by atoms with E-state index in [4.69, 9.17) is 4.74 Å². The summed E-state index contributed by atoms with van der Waals surface area (Å²) in [6.07, 6.45) is 0.112. The van der Waals surface area contributed by atoms with Crippen LogP contribution in [0.3, 0.4) is 0 Å². The number of anilines is 1. The second-order valence-electron chi connectivity index (χ2n) is 7.91. The van der Waals surface area contributed by atoms with Crippen molar-refractivity contribution in [2.75, 3.05) is 12.4 Å². The van der Waals surface area contributed by atoms with Gasteiger partial charge in [0.2, 0.25) is 5.91 Å². The van der Waals surface area contributed by atoms with Gasteiger partial charge in [-0.05, 0) is 36.1 Å². The summed E-state index contributed by atoms with van der Waals surface area (Å²) in [6, 6.07) is 8.91. The van der Waals surface area contributed by atoms with Crippen molar-refractivity contribution in [1.82, 2.24) is 4.90 Å². The highest BCUT2D eigenvalue weighted by atomic mass is 32.2. The maximum Gasteiger partial charge on any atom is 0.307 e. The molecule has 0 bridgehead atoms. The van der Waals surface area contributed by atoms with E-state index in [2.05, 4.69) is 15.6 Å². The average Bonchev–Trinajstić information content (AvgIpc) is 2.81. The molecule has 1 unspecified atom stereocenters. The third-order valence-corrected chi connectivity index (χ3v) is 7.04. The molecule has 0 aliphatic carbocycles. The first-order chi connectivity index (χ1) is 16.5. The highest BCUT2D eigenvalue weighted by Crippen LogP contribution is 2.31. The Bertz CT molecular complexity index is 1280. The van der Waals surface area contributed by atoms with E-state index in [9.17, 15) is 28.3 Å². The van der Waals surface area contributed by atoms with Crippen molar-refractivity contribution in [2.24, 2.45) is 4.40 Å². The molecule has 0 spiro atoms. The molecule has 3 rings (SSSR count). The van der Waals surface area contributed by atoms with Crippen molar-refractivity contribution in [3.05, 3.63) is 64.0 Å². The lowest BCUT2D eigenvalue weighted by Crippen LogP contribution is -2.42. The Balaban J connectivity index is 1.89. The molecule has 186 valence electrons. The van der Waals surface area contributed by atoms with Gasteiger partial charge in [-0.1, -0.05) is 19.1 Å². The molecular weight excluding hydrogens is 479 g/mol. The number of non-ortho nitro benzene ring substituents is 1. The van der Waals surface area contributed by atoms with Gasteiger partial charge in [-0.2, -0.15) is 4.40 Å². The molecule has 2 atom stereocenters. The van der Waals surface area contributed by atoms with Crippen molar-refractivity contribution in [2.45, 2.75) is 43.7 Å². The topological polar surface area (TPSA) is 131 Å². The van der Waals surface area contributed by atoms with Crippen molar-refractivity contribution >= 4 is 44.7 Å². The van der Waals surface area contributed by atoms with E-state index < -0.39 is 38.4 Å². The molecule has 10 nitrogen and oxygen atoms in total. The number of hydrogen-bond acceptors (Lipinski definition) is 7. The van der Waals surface area contributed by atoms with E-state index in [0.29, 0.717) is 17.7 Å². The first-order valence-electron chi connectivity index (χ1n) is 10.7. The summed E-state index contributed by atoms with van der Waals surface area (Å²) in [5.74, 6) is 2.36. The molecule has 0 saturated heterocycles. The van der Waals surface area contributed by atoms with E-state index in [0.717, 1.165) is 6.07 Å². The van der Waals surface area contributed by atoms with E-state index in [1.165, 1.54) is 36.3 Å². The number of halogens is 1. The van der Waals surface area contributed by atoms with Crippen LogP contribution in [0.1, 0.15) is 31.7 Å². The van der Waals surface area contributed by atoms with Gasteiger partial charge in [-0.15, -0.1) is 0 Å². The number of nitro benzene ring substituents is 1. The Kier molecular flexibility index (Phi) is 7.85. The first-order valence-corrected chi connectivity index (χ1v) is 12.3. The largest absolute Gasteiger partial charge is 0.469 e. The molecule has 35 heavy (non-hydrogen) atoms. The molecule has 2 aromatic rings. The van der Waals surface area contributed by atoms with Crippen molar-refractivity contribution in [3.8, 4) is 0 Å². The van der Waals surface area contributed by atoms with Crippen molar-refractivity contribution < 1.29 is 27.8 Å². The monoisotopic (exact) mass is 504 g/mol. The van der Waals surface area contributed by atoms with Crippen LogP contribution in [-0.2, 0) is 30.6 Å². The van der Waals surface area contributed by atoms with Crippen LogP contribution in [0.5, 0.6) is 0 Å². The average molecular weight is 505 g/mol. The van der Waals surface area contributed by atoms with Gasteiger partial charge < -0.3 is 15.0 Å². The molecular formula is C23H25FN4O6S. The smallest absolute Gasteiger partial charge is 0.307 e. The number of benzene rings is 2. The minimum Gasteiger partial charge on any atom is -0.469 e. The Hall–Kier alpha value is -3.80. The fourth-order valence-electron chi connectivity index (χ4n) is 3.68. The van der Waals surface area contributed by atoms with Crippen LogP contribution in [0.15, 0.2) is 51.8 Å². The summed E-state index contributed by atoms with van der Waals surface area (Å²) in [7, 11) is -2.04. The van der Waals surface area contributed by atoms with Crippen LogP contribution >= 0.6 is 0 Å². The molecule has 2 aromatic carbocycles. The summed E-state index contributed by atoms with van der Waals surface area (Å²) in [4.78, 5) is 37.4. The molecule has 1 aliphatic rings. The molecule has 0 radical (unpaired) electrons. The summed E-state index contributed by atoms with van der Waals surface area (Å²) < 4.78 is 35.3. The van der Waals surface area contributed by atoms with Crippen LogP contribution in [0, 0.1) is 15.9 Å². The lowest BCUT2D eigenvalue weighted by Gasteiger charge is -2.31. The first kappa shape index (κ1) is 25.8. The zero-order chi connectivity index (χ0) is 25.8. The standard InChI is InChI=1S/C23H25FN4O6S/c1-4-17(12-23(30)34-2)27(14-15-5-7-16(24)8-6-15)22(29)13-21-25-19-10-9-18(28(31)32)11-20(19)35(3,33)26-21/h5-11,17H,3-4,12-14H2,1-2H3,(H,25,26,33)/t17-,35?/m0/s1. The third kappa shape index (κ3) is 6.21. The predicted octanol–water partition coefficient (Wildman–Crippen LogP) is 3.31. The second kappa shape index (κ2) is 10.6. The normalized spacial score (nSPS) is 17.4. The molecule has 1 N–H and O–H groups in total. The van der Waals surface area contributed by atoms with Gasteiger partial charge in [0.15, 0.2) is 0 Å². The molecule has 0 fully saturated rings. The zero-order valence-electron chi connectivity index (χ0n) is 19.2. The van der Waals surface area contributed by atoms with Gasteiger partial charge in [0, 0.05) is 24.7 Å². The van der Waals surface area contributed by atoms with Gasteiger partial charge in [0.25, 0.3) is 5.69 Å². The maximum atomic E-state index is 13.4. The molecule has 1 amide bonds. The van der Waals surface area contributed by atoms with Crippen LogP contribution in [0.4, 0.5) is 15.8 Å². The van der Waals surface area contributed by atoms with Gasteiger partial charge in [-0.25, -0.2) is 8.60 Å². The third-order valence-electron chi connectivity index (χ3n) is 5.50. The molecule has 0 saturated carbocycles. The number of nitrogens with one attached hydrogen (secondary N) is 1. The predicted molar refractivity (Wildman–Crippen MR) is 130 cm³/mol. The van der Waals surface area contributed by atoms with Crippen molar-refractivity contribution in [1.29, 1.82) is 0 Å². The number of amides is 1. The van der Waals surface area contributed by atoms with E-state index in [1.807, 2.05) is 6.92 Å². The summed E-state index contributed by atoms with van der Waals surface area (Å²) in [5.41, 5.74) is 0.705. The molecule has 1 aliphatic heterocycles. The van der Waals surface area contributed by atoms with E-state index in [1.54, 1.807) is 12.1 Å². The Morgan fingerprint density at radius 1 is 1.29 bits per heavy atom. The number of rotatable bonds is 9. The number of fused-ring (bicyclic) bond motifs is 1. The van der Waals surface area contributed by atoms with Gasteiger partial charge in [0.05, 0.1) is 45.2 Å². The quantitative estimate of drug-likeness (QED) is 0.240. The molecule has 0 aromatic heterocycles. The lowest BCUT2D eigenvalue weighted by atomic mass is 10.1. The Morgan fingerprint density at radius 2 is 1.97 bits per heavy atom. The fraction of sp³-hybridized carbons (Fsp3) is 0.304.